The van der Waals surface area contributed by atoms with Crippen LogP contribution in [0.15, 0.2) is 46.2 Å². The van der Waals surface area contributed by atoms with E-state index in [4.69, 9.17) is 13.9 Å². The normalized spacial score (nSPS) is 19.3. The third-order valence-corrected chi connectivity index (χ3v) is 5.75. The Balaban J connectivity index is 1.29. The third-order valence-electron chi connectivity index (χ3n) is 4.94. The molecule has 1 saturated heterocycles. The molecule has 0 spiro atoms. The van der Waals surface area contributed by atoms with Crippen molar-refractivity contribution in [1.82, 2.24) is 9.88 Å². The first-order valence-corrected chi connectivity index (χ1v) is 11.2. The number of carbonyl (C=O) groups excluding carboxylic acids is 1. The third kappa shape index (κ3) is 5.94. The van der Waals surface area contributed by atoms with Crippen LogP contribution in [0.4, 0.5) is 5.13 Å². The number of nitrogens with one attached hydrogen (secondary N) is 1. The Labute approximate surface area is 186 Å². The molecule has 164 valence electrons. The van der Waals surface area contributed by atoms with E-state index in [1.807, 2.05) is 36.6 Å². The summed E-state index contributed by atoms with van der Waals surface area (Å²) in [6.45, 7) is 8.94. The lowest BCUT2D eigenvalue weighted by Gasteiger charge is -2.34. The van der Waals surface area contributed by atoms with Gasteiger partial charge < -0.3 is 13.9 Å². The van der Waals surface area contributed by atoms with Crippen molar-refractivity contribution in [3.8, 4) is 5.75 Å². The topological polar surface area (TPSA) is 76.8 Å². The first-order valence-electron chi connectivity index (χ1n) is 10.4. The van der Waals surface area contributed by atoms with E-state index in [2.05, 4.69) is 29.0 Å². The molecular weight excluding hydrogens is 414 g/mol. The summed E-state index contributed by atoms with van der Waals surface area (Å²) < 4.78 is 17.1. The molecule has 3 aromatic rings. The zero-order chi connectivity index (χ0) is 21.8. The second kappa shape index (κ2) is 9.64. The van der Waals surface area contributed by atoms with Crippen molar-refractivity contribution in [2.24, 2.45) is 0 Å². The number of anilines is 1. The van der Waals surface area contributed by atoms with Crippen LogP contribution in [0.5, 0.6) is 5.75 Å². The molecular formula is C23H27N3O4S. The summed E-state index contributed by atoms with van der Waals surface area (Å²) in [6, 6.07) is 11.2. The predicted molar refractivity (Wildman–Crippen MR) is 120 cm³/mol. The summed E-state index contributed by atoms with van der Waals surface area (Å²) >= 11 is 1.41. The fraction of sp³-hybridized carbons (Fsp3) is 0.391. The molecule has 8 heteroatoms. The van der Waals surface area contributed by atoms with Crippen LogP contribution in [0.1, 0.15) is 41.4 Å². The first kappa shape index (κ1) is 21.5. The molecule has 0 aliphatic carbocycles. The van der Waals surface area contributed by atoms with Gasteiger partial charge in [-0.25, -0.2) is 4.98 Å². The number of hydrogen-bond donors (Lipinski definition) is 1. The zero-order valence-corrected chi connectivity index (χ0v) is 18.8. The quantitative estimate of drug-likeness (QED) is 0.582. The Kier molecular flexibility index (Phi) is 6.70. The summed E-state index contributed by atoms with van der Waals surface area (Å²) in [5, 5.41) is 5.35. The van der Waals surface area contributed by atoms with E-state index in [9.17, 15) is 4.79 Å². The molecule has 1 fully saturated rings. The molecule has 3 heterocycles. The average Bonchev–Trinajstić information content (AvgIpc) is 3.36. The van der Waals surface area contributed by atoms with Gasteiger partial charge in [0.1, 0.15) is 18.1 Å². The van der Waals surface area contributed by atoms with E-state index in [0.717, 1.165) is 31.1 Å². The van der Waals surface area contributed by atoms with Gasteiger partial charge in [-0.3, -0.25) is 15.0 Å². The molecule has 7 nitrogen and oxygen atoms in total. The van der Waals surface area contributed by atoms with Gasteiger partial charge in [0.2, 0.25) is 0 Å². The predicted octanol–water partition coefficient (Wildman–Crippen LogP) is 4.49. The number of ether oxygens (including phenoxy) is 2. The number of morpholine rings is 1. The van der Waals surface area contributed by atoms with Crippen LogP contribution in [0.3, 0.4) is 0 Å². The minimum atomic E-state index is -0.323. The van der Waals surface area contributed by atoms with Crippen LogP contribution >= 0.6 is 11.3 Å². The van der Waals surface area contributed by atoms with Gasteiger partial charge >= 0.3 is 0 Å². The standard InChI is InChI=1S/C23H27N3O4S/c1-15-4-6-19(7-5-15)28-13-20-8-9-21(30-20)22(27)25-23-24-18(14-31-23)12-26-10-16(2)29-17(3)11-26/h4-9,14,16-17H,10-13H2,1-3H3,(H,24,25,27)/t16-,17+. The summed E-state index contributed by atoms with van der Waals surface area (Å²) in [4.78, 5) is 19.4. The largest absolute Gasteiger partial charge is 0.486 e. The first-order chi connectivity index (χ1) is 14.9. The maximum atomic E-state index is 12.5. The molecule has 1 aliphatic heterocycles. The van der Waals surface area contributed by atoms with E-state index in [0.29, 0.717) is 10.9 Å². The van der Waals surface area contributed by atoms with Crippen molar-refractivity contribution in [2.45, 2.75) is 46.1 Å². The molecule has 0 radical (unpaired) electrons. The Bertz CT molecular complexity index is 1000. The molecule has 1 N–H and O–H groups in total. The van der Waals surface area contributed by atoms with Gasteiger partial charge in [0, 0.05) is 25.0 Å². The van der Waals surface area contributed by atoms with Gasteiger partial charge in [0.25, 0.3) is 5.91 Å². The molecule has 2 atom stereocenters. The molecule has 1 aromatic carbocycles. The van der Waals surface area contributed by atoms with Crippen LogP contribution in [0.2, 0.25) is 0 Å². The Morgan fingerprint density at radius 3 is 2.68 bits per heavy atom. The van der Waals surface area contributed by atoms with Gasteiger partial charge in [-0.05, 0) is 45.0 Å². The van der Waals surface area contributed by atoms with Gasteiger partial charge in [0.05, 0.1) is 17.9 Å². The number of rotatable bonds is 7. The number of thiazole rings is 1. The Morgan fingerprint density at radius 2 is 1.94 bits per heavy atom. The molecule has 0 saturated carbocycles. The molecule has 31 heavy (non-hydrogen) atoms. The molecule has 0 unspecified atom stereocenters. The summed E-state index contributed by atoms with van der Waals surface area (Å²) in [6.07, 6.45) is 0.425. The lowest BCUT2D eigenvalue weighted by atomic mass is 10.2. The highest BCUT2D eigenvalue weighted by Gasteiger charge is 2.23. The smallest absolute Gasteiger partial charge is 0.293 e. The van der Waals surface area contributed by atoms with Gasteiger partial charge in [-0.15, -0.1) is 11.3 Å². The van der Waals surface area contributed by atoms with E-state index in [1.165, 1.54) is 16.9 Å². The Morgan fingerprint density at radius 1 is 1.19 bits per heavy atom. The molecule has 1 amide bonds. The van der Waals surface area contributed by atoms with E-state index in [1.54, 1.807) is 12.1 Å². The SMILES string of the molecule is Cc1ccc(OCc2ccc(C(=O)Nc3nc(CN4C[C@@H](C)O[C@@H](C)C4)cs3)o2)cc1. The van der Waals surface area contributed by atoms with E-state index < -0.39 is 0 Å². The number of amides is 1. The second-order valence-corrected chi connectivity index (χ2v) is 8.78. The van der Waals surface area contributed by atoms with Crippen LogP contribution < -0.4 is 10.1 Å². The molecule has 4 rings (SSSR count). The maximum Gasteiger partial charge on any atom is 0.293 e. The summed E-state index contributed by atoms with van der Waals surface area (Å²) in [5.41, 5.74) is 2.11. The van der Waals surface area contributed by atoms with Crippen molar-refractivity contribution < 1.29 is 18.7 Å². The number of carbonyl (C=O) groups is 1. The fourth-order valence-electron chi connectivity index (χ4n) is 3.60. The number of aromatic nitrogens is 1. The van der Waals surface area contributed by atoms with E-state index >= 15 is 0 Å². The number of nitrogens with zero attached hydrogens (tertiary/aromatic N) is 2. The highest BCUT2D eigenvalue weighted by molar-refractivity contribution is 7.13. The number of furan rings is 1. The maximum absolute atomic E-state index is 12.5. The van der Waals surface area contributed by atoms with Crippen molar-refractivity contribution in [3.05, 3.63) is 64.6 Å². The van der Waals surface area contributed by atoms with Crippen molar-refractivity contribution in [2.75, 3.05) is 18.4 Å². The van der Waals surface area contributed by atoms with E-state index in [-0.39, 0.29) is 30.5 Å². The molecule has 0 bridgehead atoms. The zero-order valence-electron chi connectivity index (χ0n) is 18.0. The minimum absolute atomic E-state index is 0.213. The van der Waals surface area contributed by atoms with Crippen LogP contribution in [-0.4, -0.2) is 41.1 Å². The Hall–Kier alpha value is -2.68. The van der Waals surface area contributed by atoms with Gasteiger partial charge in [-0.1, -0.05) is 17.7 Å². The van der Waals surface area contributed by atoms with Crippen LogP contribution in [-0.2, 0) is 17.9 Å². The highest BCUT2D eigenvalue weighted by Crippen LogP contribution is 2.21. The second-order valence-electron chi connectivity index (χ2n) is 7.92. The molecule has 2 aromatic heterocycles. The number of aryl methyl sites for hydroxylation is 1. The van der Waals surface area contributed by atoms with Crippen molar-refractivity contribution >= 4 is 22.4 Å². The van der Waals surface area contributed by atoms with Crippen molar-refractivity contribution in [1.29, 1.82) is 0 Å². The fourth-order valence-corrected chi connectivity index (χ4v) is 4.30. The van der Waals surface area contributed by atoms with Crippen LogP contribution in [0, 0.1) is 6.92 Å². The average molecular weight is 442 g/mol. The minimum Gasteiger partial charge on any atom is -0.486 e. The summed E-state index contributed by atoms with van der Waals surface area (Å²) in [7, 11) is 0. The van der Waals surface area contributed by atoms with Gasteiger partial charge in [-0.2, -0.15) is 0 Å². The lowest BCUT2D eigenvalue weighted by molar-refractivity contribution is -0.0707. The lowest BCUT2D eigenvalue weighted by Crippen LogP contribution is -2.44. The monoisotopic (exact) mass is 441 g/mol. The summed E-state index contributed by atoms with van der Waals surface area (Å²) in [5.74, 6) is 1.25. The van der Waals surface area contributed by atoms with Gasteiger partial charge in [0.15, 0.2) is 10.9 Å². The van der Waals surface area contributed by atoms with Crippen molar-refractivity contribution in [3.63, 3.8) is 0 Å². The highest BCUT2D eigenvalue weighted by atomic mass is 32.1. The number of benzene rings is 1. The molecule has 1 aliphatic rings. The van der Waals surface area contributed by atoms with Crippen LogP contribution in [0.25, 0.3) is 0 Å². The number of hydrogen-bond acceptors (Lipinski definition) is 7.